The first-order chi connectivity index (χ1) is 13.6. The van der Waals surface area contributed by atoms with E-state index in [2.05, 4.69) is 50.9 Å². The summed E-state index contributed by atoms with van der Waals surface area (Å²) in [5.74, 6) is 1.31. The number of benzene rings is 1. The second-order valence-electron chi connectivity index (χ2n) is 7.28. The lowest BCUT2D eigenvalue weighted by Gasteiger charge is -2.36. The molecule has 2 aromatic heterocycles. The summed E-state index contributed by atoms with van der Waals surface area (Å²) in [4.78, 5) is 13.5. The fraction of sp³-hybridized carbons (Fsp3) is 0.381. The minimum Gasteiger partial charge on any atom is -0.337 e. The molecule has 1 aromatic carbocycles. The molecule has 0 bridgehead atoms. The van der Waals surface area contributed by atoms with Crippen LogP contribution in [0.3, 0.4) is 0 Å². The quantitative estimate of drug-likeness (QED) is 0.649. The van der Waals surface area contributed by atoms with E-state index < -0.39 is 0 Å². The van der Waals surface area contributed by atoms with Crippen molar-refractivity contribution in [1.82, 2.24) is 24.9 Å². The van der Waals surface area contributed by atoms with Crippen molar-refractivity contribution < 1.29 is 4.52 Å². The molecule has 0 saturated carbocycles. The van der Waals surface area contributed by atoms with Gasteiger partial charge in [0.15, 0.2) is 0 Å². The van der Waals surface area contributed by atoms with Gasteiger partial charge in [-0.1, -0.05) is 46.6 Å². The van der Waals surface area contributed by atoms with Crippen LogP contribution in [0.25, 0.3) is 11.4 Å². The Hall–Kier alpha value is -2.28. The molecule has 1 fully saturated rings. The van der Waals surface area contributed by atoms with Crippen molar-refractivity contribution in [2.75, 3.05) is 26.2 Å². The Labute approximate surface area is 170 Å². The molecule has 1 aliphatic rings. The first kappa shape index (κ1) is 19.1. The second-order valence-corrected chi connectivity index (χ2v) is 7.68. The third-order valence-electron chi connectivity index (χ3n) is 5.31. The van der Waals surface area contributed by atoms with Crippen LogP contribution >= 0.6 is 11.6 Å². The predicted molar refractivity (Wildman–Crippen MR) is 109 cm³/mol. The number of pyridine rings is 1. The molecule has 1 aliphatic heterocycles. The van der Waals surface area contributed by atoms with E-state index in [4.69, 9.17) is 16.1 Å². The van der Waals surface area contributed by atoms with Gasteiger partial charge in [-0.05, 0) is 25.5 Å². The molecule has 7 heteroatoms. The van der Waals surface area contributed by atoms with Crippen molar-refractivity contribution in [3.63, 3.8) is 0 Å². The van der Waals surface area contributed by atoms with Crippen molar-refractivity contribution in [2.24, 2.45) is 0 Å². The number of aryl methyl sites for hydroxylation is 1. The number of nitrogens with zero attached hydrogens (tertiary/aromatic N) is 5. The van der Waals surface area contributed by atoms with E-state index in [1.165, 1.54) is 5.56 Å². The number of hydrogen-bond donors (Lipinski definition) is 0. The van der Waals surface area contributed by atoms with Gasteiger partial charge in [-0.3, -0.25) is 14.8 Å². The van der Waals surface area contributed by atoms with Gasteiger partial charge in [-0.15, -0.1) is 0 Å². The molecule has 4 rings (SSSR count). The minimum atomic E-state index is 0.0957. The number of halogens is 1. The lowest BCUT2D eigenvalue weighted by atomic mass is 10.1. The van der Waals surface area contributed by atoms with E-state index in [9.17, 15) is 0 Å². The Bertz CT molecular complexity index is 919. The van der Waals surface area contributed by atoms with E-state index in [-0.39, 0.29) is 6.04 Å². The summed E-state index contributed by atoms with van der Waals surface area (Å²) in [6.45, 7) is 8.89. The van der Waals surface area contributed by atoms with Crippen molar-refractivity contribution >= 4 is 11.6 Å². The van der Waals surface area contributed by atoms with Gasteiger partial charge in [0, 0.05) is 50.7 Å². The molecule has 1 atom stereocenters. The summed E-state index contributed by atoms with van der Waals surface area (Å²) < 4.78 is 5.56. The first-order valence-corrected chi connectivity index (χ1v) is 9.93. The predicted octanol–water partition coefficient (Wildman–Crippen LogP) is 3.97. The zero-order valence-corrected chi connectivity index (χ0v) is 16.9. The average Bonchev–Trinajstić information content (AvgIpc) is 3.20. The summed E-state index contributed by atoms with van der Waals surface area (Å²) >= 11 is 6.24. The maximum atomic E-state index is 6.24. The van der Waals surface area contributed by atoms with Crippen molar-refractivity contribution in [1.29, 1.82) is 0 Å². The molecule has 28 heavy (non-hydrogen) atoms. The van der Waals surface area contributed by atoms with Crippen LogP contribution in [0.2, 0.25) is 5.02 Å². The van der Waals surface area contributed by atoms with Gasteiger partial charge in [0.25, 0.3) is 0 Å². The van der Waals surface area contributed by atoms with Crippen molar-refractivity contribution in [3.8, 4) is 11.4 Å². The third-order valence-corrected chi connectivity index (χ3v) is 5.65. The van der Waals surface area contributed by atoms with E-state index in [1.807, 2.05) is 18.2 Å². The van der Waals surface area contributed by atoms with Crippen LogP contribution in [-0.4, -0.2) is 51.1 Å². The summed E-state index contributed by atoms with van der Waals surface area (Å²) in [6, 6.07) is 10.3. The molecule has 146 valence electrons. The van der Waals surface area contributed by atoms with Gasteiger partial charge in [0.05, 0.1) is 11.1 Å². The highest BCUT2D eigenvalue weighted by atomic mass is 35.5. The third kappa shape index (κ3) is 4.24. The Balaban J connectivity index is 1.36. The highest BCUT2D eigenvalue weighted by molar-refractivity contribution is 6.31. The van der Waals surface area contributed by atoms with Crippen LogP contribution in [0, 0.1) is 6.92 Å². The fourth-order valence-corrected chi connectivity index (χ4v) is 3.64. The average molecular weight is 398 g/mol. The van der Waals surface area contributed by atoms with Gasteiger partial charge in [-0.25, -0.2) is 0 Å². The maximum Gasteiger partial charge on any atom is 0.244 e. The number of piperazine rings is 1. The highest BCUT2D eigenvalue weighted by Crippen LogP contribution is 2.24. The molecule has 0 N–H and O–H groups in total. The van der Waals surface area contributed by atoms with E-state index in [0.29, 0.717) is 11.7 Å². The lowest BCUT2D eigenvalue weighted by Crippen LogP contribution is -2.46. The molecule has 3 aromatic rings. The molecule has 0 unspecified atom stereocenters. The molecular formula is C21H24ClN5O. The van der Waals surface area contributed by atoms with E-state index >= 15 is 0 Å². The summed E-state index contributed by atoms with van der Waals surface area (Å²) in [5.41, 5.74) is 3.32. The van der Waals surface area contributed by atoms with E-state index in [0.717, 1.165) is 48.9 Å². The number of rotatable bonds is 5. The summed E-state index contributed by atoms with van der Waals surface area (Å²) in [6.07, 6.45) is 3.50. The maximum absolute atomic E-state index is 6.24. The Morgan fingerprint density at radius 1 is 1.11 bits per heavy atom. The van der Waals surface area contributed by atoms with E-state index in [1.54, 1.807) is 12.4 Å². The van der Waals surface area contributed by atoms with Crippen LogP contribution in [0.15, 0.2) is 47.2 Å². The summed E-state index contributed by atoms with van der Waals surface area (Å²) in [7, 11) is 0. The number of aromatic nitrogens is 3. The van der Waals surface area contributed by atoms with Crippen LogP contribution < -0.4 is 0 Å². The highest BCUT2D eigenvalue weighted by Gasteiger charge is 2.26. The van der Waals surface area contributed by atoms with Gasteiger partial charge in [0.2, 0.25) is 11.7 Å². The number of hydrogen-bond acceptors (Lipinski definition) is 6. The van der Waals surface area contributed by atoms with Gasteiger partial charge in [-0.2, -0.15) is 4.98 Å². The SMILES string of the molecule is Cc1ccc(-c2noc([C@@H](C)N3CCN(Cc4ccncc4Cl)CC3)n2)cc1. The molecule has 0 radical (unpaired) electrons. The smallest absolute Gasteiger partial charge is 0.244 e. The molecule has 0 aliphatic carbocycles. The first-order valence-electron chi connectivity index (χ1n) is 9.55. The Morgan fingerprint density at radius 3 is 2.57 bits per heavy atom. The van der Waals surface area contributed by atoms with Gasteiger partial charge >= 0.3 is 0 Å². The van der Waals surface area contributed by atoms with Gasteiger partial charge < -0.3 is 4.52 Å². The Morgan fingerprint density at radius 2 is 1.86 bits per heavy atom. The molecular weight excluding hydrogens is 374 g/mol. The van der Waals surface area contributed by atoms with Crippen LogP contribution in [0.5, 0.6) is 0 Å². The standard InChI is InChI=1S/C21H24ClN5O/c1-15-3-5-17(6-4-15)20-24-21(28-25-20)16(2)27-11-9-26(10-12-27)14-18-7-8-23-13-19(18)22/h3-8,13,16H,9-12,14H2,1-2H3/t16-/m1/s1. The fourth-order valence-electron chi connectivity index (χ4n) is 3.46. The molecule has 0 spiro atoms. The van der Waals surface area contributed by atoms with Crippen LogP contribution in [0.1, 0.15) is 30.0 Å². The summed E-state index contributed by atoms with van der Waals surface area (Å²) in [5, 5.41) is 4.90. The zero-order valence-electron chi connectivity index (χ0n) is 16.2. The lowest BCUT2D eigenvalue weighted by molar-refractivity contribution is 0.0845. The van der Waals surface area contributed by atoms with Crippen LogP contribution in [-0.2, 0) is 6.54 Å². The second kappa shape index (κ2) is 8.39. The molecule has 6 nitrogen and oxygen atoms in total. The normalized spacial score (nSPS) is 17.0. The molecule has 0 amide bonds. The van der Waals surface area contributed by atoms with Crippen molar-refractivity contribution in [2.45, 2.75) is 26.4 Å². The minimum absolute atomic E-state index is 0.0957. The topological polar surface area (TPSA) is 58.3 Å². The van der Waals surface area contributed by atoms with Crippen LogP contribution in [0.4, 0.5) is 0 Å². The van der Waals surface area contributed by atoms with Crippen molar-refractivity contribution in [3.05, 3.63) is 64.8 Å². The largest absolute Gasteiger partial charge is 0.337 e. The Kier molecular flexibility index (Phi) is 5.71. The molecule has 1 saturated heterocycles. The monoisotopic (exact) mass is 397 g/mol. The molecule has 3 heterocycles. The zero-order chi connectivity index (χ0) is 19.5. The van der Waals surface area contributed by atoms with Gasteiger partial charge in [0.1, 0.15) is 0 Å².